The summed E-state index contributed by atoms with van der Waals surface area (Å²) in [6, 6.07) is 2.60. The largest absolute Gasteiger partial charge is 0.495 e. The molecule has 0 radical (unpaired) electrons. The normalized spacial score (nSPS) is 19.7. The molecule has 0 aliphatic carbocycles. The van der Waals surface area contributed by atoms with Gasteiger partial charge in [0.25, 0.3) is 0 Å². The molecule has 0 aromatic heterocycles. The van der Waals surface area contributed by atoms with Gasteiger partial charge in [-0.1, -0.05) is 17.7 Å². The molecule has 1 aromatic carbocycles. The Morgan fingerprint density at radius 2 is 1.76 bits per heavy atom. The van der Waals surface area contributed by atoms with Gasteiger partial charge < -0.3 is 14.0 Å². The van der Waals surface area contributed by atoms with Crippen LogP contribution in [0.15, 0.2) is 12.1 Å². The van der Waals surface area contributed by atoms with Crippen molar-refractivity contribution in [1.29, 1.82) is 0 Å². The predicted octanol–water partition coefficient (Wildman–Crippen LogP) is 2.56. The number of ether oxygens (including phenoxy) is 1. The standard InChI is InChI=1S/C14H17BClFO4/c1-13(2)14(3,4)21-15(20-13)8-6-7-9(17)11(16)10(8)12(18)19-5/h6-7H,1-5H3. The van der Waals surface area contributed by atoms with E-state index in [-0.39, 0.29) is 10.6 Å². The summed E-state index contributed by atoms with van der Waals surface area (Å²) in [7, 11) is 0.389. The van der Waals surface area contributed by atoms with Crippen molar-refractivity contribution in [3.63, 3.8) is 0 Å². The van der Waals surface area contributed by atoms with Crippen molar-refractivity contribution in [1.82, 2.24) is 0 Å². The van der Waals surface area contributed by atoms with Crippen molar-refractivity contribution in [2.45, 2.75) is 38.9 Å². The molecule has 1 aliphatic rings. The van der Waals surface area contributed by atoms with Gasteiger partial charge in [0.1, 0.15) is 5.82 Å². The summed E-state index contributed by atoms with van der Waals surface area (Å²) in [6.07, 6.45) is 0. The molecule has 0 N–H and O–H groups in total. The van der Waals surface area contributed by atoms with Crippen molar-refractivity contribution in [3.8, 4) is 0 Å². The number of rotatable bonds is 2. The minimum Gasteiger partial charge on any atom is -0.465 e. The molecular formula is C14H17BClFO4. The van der Waals surface area contributed by atoms with Crippen LogP contribution in [0.3, 0.4) is 0 Å². The fourth-order valence-corrected chi connectivity index (χ4v) is 2.29. The van der Waals surface area contributed by atoms with Gasteiger partial charge in [-0.3, -0.25) is 0 Å². The van der Waals surface area contributed by atoms with Crippen LogP contribution in [0, 0.1) is 5.82 Å². The lowest BCUT2D eigenvalue weighted by molar-refractivity contribution is 0.00578. The zero-order chi connectivity index (χ0) is 16.0. The molecule has 1 saturated heterocycles. The fraction of sp³-hybridized carbons (Fsp3) is 0.500. The van der Waals surface area contributed by atoms with Gasteiger partial charge in [0.05, 0.1) is 28.9 Å². The monoisotopic (exact) mass is 314 g/mol. The number of benzene rings is 1. The Labute approximate surface area is 128 Å². The van der Waals surface area contributed by atoms with Crippen LogP contribution in [0.25, 0.3) is 0 Å². The second-order valence-corrected chi connectivity index (χ2v) is 6.28. The summed E-state index contributed by atoms with van der Waals surface area (Å²) in [5.74, 6) is -1.43. The quantitative estimate of drug-likeness (QED) is 0.622. The van der Waals surface area contributed by atoms with Crippen molar-refractivity contribution in [2.75, 3.05) is 7.11 Å². The van der Waals surface area contributed by atoms with E-state index in [1.807, 2.05) is 27.7 Å². The van der Waals surface area contributed by atoms with Gasteiger partial charge in [-0.15, -0.1) is 0 Å². The molecule has 114 valence electrons. The fourth-order valence-electron chi connectivity index (χ4n) is 2.04. The average molecular weight is 315 g/mol. The predicted molar refractivity (Wildman–Crippen MR) is 78.5 cm³/mol. The van der Waals surface area contributed by atoms with Gasteiger partial charge in [-0.2, -0.15) is 0 Å². The lowest BCUT2D eigenvalue weighted by Crippen LogP contribution is -2.41. The van der Waals surface area contributed by atoms with E-state index in [0.717, 1.165) is 0 Å². The van der Waals surface area contributed by atoms with E-state index in [1.54, 1.807) is 0 Å². The van der Waals surface area contributed by atoms with Gasteiger partial charge in [0, 0.05) is 0 Å². The van der Waals surface area contributed by atoms with Gasteiger partial charge in [-0.25, -0.2) is 9.18 Å². The van der Waals surface area contributed by atoms with Crippen LogP contribution in [0.2, 0.25) is 5.02 Å². The molecule has 0 saturated carbocycles. The van der Waals surface area contributed by atoms with Crippen LogP contribution in [-0.2, 0) is 14.0 Å². The average Bonchev–Trinajstić information content (AvgIpc) is 2.60. The maximum absolute atomic E-state index is 13.6. The van der Waals surface area contributed by atoms with E-state index in [4.69, 9.17) is 20.9 Å². The number of methoxy groups -OCH3 is 1. The second-order valence-electron chi connectivity index (χ2n) is 5.91. The maximum atomic E-state index is 13.6. The lowest BCUT2D eigenvalue weighted by atomic mass is 9.76. The summed E-state index contributed by atoms with van der Waals surface area (Å²) in [5.41, 5.74) is -0.873. The highest BCUT2D eigenvalue weighted by Gasteiger charge is 2.52. The van der Waals surface area contributed by atoms with Crippen molar-refractivity contribution < 1.29 is 23.2 Å². The smallest absolute Gasteiger partial charge is 0.465 e. The highest BCUT2D eigenvalue weighted by molar-refractivity contribution is 6.64. The molecule has 0 bridgehead atoms. The lowest BCUT2D eigenvalue weighted by Gasteiger charge is -2.32. The first-order chi connectivity index (χ1) is 9.60. The van der Waals surface area contributed by atoms with E-state index in [2.05, 4.69) is 4.74 Å². The number of carbonyl (C=O) groups is 1. The molecule has 0 unspecified atom stereocenters. The second kappa shape index (κ2) is 5.27. The molecule has 4 nitrogen and oxygen atoms in total. The van der Waals surface area contributed by atoms with E-state index in [0.29, 0.717) is 5.46 Å². The Morgan fingerprint density at radius 1 is 1.24 bits per heavy atom. The Hall–Kier alpha value is -1.11. The summed E-state index contributed by atoms with van der Waals surface area (Å²) in [6.45, 7) is 7.54. The Kier molecular flexibility index (Phi) is 4.08. The SMILES string of the molecule is COC(=O)c1c(B2OC(C)(C)C(C)(C)O2)ccc(F)c1Cl. The summed E-state index contributed by atoms with van der Waals surface area (Å²) in [5, 5.41) is -0.297. The minimum atomic E-state index is -0.817. The van der Waals surface area contributed by atoms with Gasteiger partial charge >= 0.3 is 13.1 Å². The Morgan fingerprint density at radius 3 is 2.24 bits per heavy atom. The van der Waals surface area contributed by atoms with Crippen LogP contribution >= 0.6 is 11.6 Å². The van der Waals surface area contributed by atoms with Crippen LogP contribution in [-0.4, -0.2) is 31.4 Å². The summed E-state index contributed by atoms with van der Waals surface area (Å²) >= 11 is 5.91. The third-order valence-corrected chi connectivity index (χ3v) is 4.39. The number of hydrogen-bond donors (Lipinski definition) is 0. The molecule has 0 spiro atoms. The Balaban J connectivity index is 2.51. The molecule has 1 aromatic rings. The third-order valence-electron chi connectivity index (χ3n) is 4.02. The number of halogens is 2. The highest BCUT2D eigenvalue weighted by atomic mass is 35.5. The first-order valence-electron chi connectivity index (χ1n) is 6.52. The topological polar surface area (TPSA) is 44.8 Å². The molecule has 1 fully saturated rings. The van der Waals surface area contributed by atoms with Gasteiger partial charge in [0.15, 0.2) is 0 Å². The number of esters is 1. The third kappa shape index (κ3) is 2.68. The summed E-state index contributed by atoms with van der Waals surface area (Å²) < 4.78 is 30.0. The first kappa shape index (κ1) is 16.3. The summed E-state index contributed by atoms with van der Waals surface area (Å²) in [4.78, 5) is 11.9. The van der Waals surface area contributed by atoms with Crippen molar-refractivity contribution >= 4 is 30.2 Å². The van der Waals surface area contributed by atoms with Crippen LogP contribution in [0.5, 0.6) is 0 Å². The van der Waals surface area contributed by atoms with E-state index in [1.165, 1.54) is 19.2 Å². The first-order valence-corrected chi connectivity index (χ1v) is 6.90. The number of hydrogen-bond acceptors (Lipinski definition) is 4. The van der Waals surface area contributed by atoms with Crippen molar-refractivity contribution in [2.24, 2.45) is 0 Å². The molecule has 0 amide bonds. The number of carbonyl (C=O) groups excluding carboxylic acids is 1. The zero-order valence-electron chi connectivity index (χ0n) is 12.6. The highest BCUT2D eigenvalue weighted by Crippen LogP contribution is 2.37. The molecule has 1 aliphatic heterocycles. The molecule has 2 rings (SSSR count). The minimum absolute atomic E-state index is 0.0716. The van der Waals surface area contributed by atoms with Crippen LogP contribution < -0.4 is 5.46 Å². The van der Waals surface area contributed by atoms with E-state index in [9.17, 15) is 9.18 Å². The van der Waals surface area contributed by atoms with Crippen molar-refractivity contribution in [3.05, 3.63) is 28.5 Å². The molecule has 0 atom stereocenters. The molecule has 21 heavy (non-hydrogen) atoms. The zero-order valence-corrected chi connectivity index (χ0v) is 13.4. The van der Waals surface area contributed by atoms with E-state index >= 15 is 0 Å². The molecule has 1 heterocycles. The van der Waals surface area contributed by atoms with Gasteiger partial charge in [-0.05, 0) is 39.2 Å². The maximum Gasteiger partial charge on any atom is 0.495 e. The molecule has 7 heteroatoms. The van der Waals surface area contributed by atoms with E-state index < -0.39 is 30.1 Å². The van der Waals surface area contributed by atoms with Gasteiger partial charge in [0.2, 0.25) is 0 Å². The Bertz CT molecular complexity index is 573. The molecular weight excluding hydrogens is 297 g/mol. The van der Waals surface area contributed by atoms with Crippen LogP contribution in [0.4, 0.5) is 4.39 Å². The van der Waals surface area contributed by atoms with Crippen LogP contribution in [0.1, 0.15) is 38.1 Å².